The predicted molar refractivity (Wildman–Crippen MR) is 106 cm³/mol. The first-order valence-electron chi connectivity index (χ1n) is 8.84. The lowest BCUT2D eigenvalue weighted by molar-refractivity contribution is 0.727. The third-order valence-electron chi connectivity index (χ3n) is 4.67. The highest BCUT2D eigenvalue weighted by Gasteiger charge is 2.20. The van der Waals surface area contributed by atoms with Gasteiger partial charge in [-0.1, -0.05) is 49.2 Å². The summed E-state index contributed by atoms with van der Waals surface area (Å²) in [5, 5.41) is 8.08. The van der Waals surface area contributed by atoms with Crippen LogP contribution < -0.4 is 11.0 Å². The molecule has 1 aromatic heterocycles. The van der Waals surface area contributed by atoms with Crippen LogP contribution in [0.2, 0.25) is 0 Å². The molecule has 0 atom stereocenters. The number of benzene rings is 2. The summed E-state index contributed by atoms with van der Waals surface area (Å²) in [7, 11) is 0. The van der Waals surface area contributed by atoms with Crippen molar-refractivity contribution in [3.05, 3.63) is 65.1 Å². The molecule has 0 spiro atoms. The van der Waals surface area contributed by atoms with E-state index >= 15 is 0 Å². The normalized spacial score (nSPS) is 14.5. The summed E-state index contributed by atoms with van der Waals surface area (Å²) in [5.74, 6) is 0.538. The maximum atomic E-state index is 12.6. The van der Waals surface area contributed by atoms with Crippen LogP contribution in [-0.4, -0.2) is 20.8 Å². The predicted octanol–water partition coefficient (Wildman–Crippen LogP) is 3.94. The minimum atomic E-state index is -0.392. The Labute approximate surface area is 157 Å². The average molecular weight is 364 g/mol. The van der Waals surface area contributed by atoms with Gasteiger partial charge in [-0.05, 0) is 31.0 Å². The van der Waals surface area contributed by atoms with E-state index in [1.165, 1.54) is 17.5 Å². The summed E-state index contributed by atoms with van der Waals surface area (Å²) in [6.07, 6.45) is 4.58. The monoisotopic (exact) mass is 364 g/mol. The summed E-state index contributed by atoms with van der Waals surface area (Å²) >= 11 is 4.57. The van der Waals surface area contributed by atoms with Crippen LogP contribution in [0.1, 0.15) is 25.7 Å². The second-order valence-corrected chi connectivity index (χ2v) is 6.96. The fourth-order valence-electron chi connectivity index (χ4n) is 3.34. The standard InChI is InChI=1S/C20H20N4OS/c25-20-22-19(21-14-8-4-5-9-14)18(16-12-6-7-13-17(16)26)23-24(20)15-10-2-1-3-11-15/h1-3,6-7,10-14,26H,4-5,8-9H2,(H,21,22,25). The van der Waals surface area contributed by atoms with E-state index < -0.39 is 5.69 Å². The molecular formula is C20H20N4OS. The van der Waals surface area contributed by atoms with Crippen molar-refractivity contribution in [1.82, 2.24) is 14.8 Å². The quantitative estimate of drug-likeness (QED) is 0.689. The molecule has 0 amide bonds. The van der Waals surface area contributed by atoms with Gasteiger partial charge in [0.1, 0.15) is 5.69 Å². The van der Waals surface area contributed by atoms with Crippen molar-refractivity contribution >= 4 is 18.4 Å². The Bertz CT molecular complexity index is 965. The molecule has 2 aromatic carbocycles. The Morgan fingerprint density at radius 3 is 2.42 bits per heavy atom. The van der Waals surface area contributed by atoms with Crippen molar-refractivity contribution in [2.24, 2.45) is 0 Å². The average Bonchev–Trinajstić information content (AvgIpc) is 3.17. The molecule has 0 unspecified atom stereocenters. The molecule has 4 rings (SSSR count). The number of nitrogens with zero attached hydrogens (tertiary/aromatic N) is 3. The summed E-state index contributed by atoms with van der Waals surface area (Å²) in [6, 6.07) is 17.4. The summed E-state index contributed by atoms with van der Waals surface area (Å²) in [6.45, 7) is 0. The Balaban J connectivity index is 1.87. The van der Waals surface area contributed by atoms with Gasteiger partial charge in [0, 0.05) is 16.5 Å². The molecule has 0 saturated heterocycles. The zero-order valence-corrected chi connectivity index (χ0v) is 15.2. The van der Waals surface area contributed by atoms with Gasteiger partial charge in [0.25, 0.3) is 0 Å². The third kappa shape index (κ3) is 3.37. The molecule has 1 N–H and O–H groups in total. The third-order valence-corrected chi connectivity index (χ3v) is 5.06. The number of hydrogen-bond donors (Lipinski definition) is 2. The number of rotatable bonds is 4. The fourth-order valence-corrected chi connectivity index (χ4v) is 3.61. The number of aromatic nitrogens is 3. The highest BCUT2D eigenvalue weighted by atomic mass is 32.1. The molecule has 1 saturated carbocycles. The summed E-state index contributed by atoms with van der Waals surface area (Å²) < 4.78 is 1.34. The van der Waals surface area contributed by atoms with Crippen LogP contribution in [0.4, 0.5) is 5.82 Å². The van der Waals surface area contributed by atoms with Crippen molar-refractivity contribution in [1.29, 1.82) is 0 Å². The topological polar surface area (TPSA) is 59.8 Å². The first-order chi connectivity index (χ1) is 12.7. The van der Waals surface area contributed by atoms with E-state index in [0.29, 0.717) is 23.2 Å². The van der Waals surface area contributed by atoms with Crippen LogP contribution in [0, 0.1) is 0 Å². The molecule has 0 bridgehead atoms. The van der Waals surface area contributed by atoms with Gasteiger partial charge in [-0.3, -0.25) is 0 Å². The van der Waals surface area contributed by atoms with E-state index in [1.54, 1.807) is 0 Å². The zero-order chi connectivity index (χ0) is 17.9. The molecule has 132 valence electrons. The number of thiol groups is 1. The van der Waals surface area contributed by atoms with E-state index in [-0.39, 0.29) is 0 Å². The van der Waals surface area contributed by atoms with Crippen LogP contribution in [0.15, 0.2) is 64.3 Å². The minimum Gasteiger partial charge on any atom is -0.365 e. The summed E-state index contributed by atoms with van der Waals surface area (Å²) in [4.78, 5) is 17.7. The lowest BCUT2D eigenvalue weighted by atomic mass is 10.1. The van der Waals surface area contributed by atoms with Crippen molar-refractivity contribution in [2.75, 3.05) is 5.32 Å². The first-order valence-corrected chi connectivity index (χ1v) is 9.29. The van der Waals surface area contributed by atoms with Gasteiger partial charge >= 0.3 is 5.69 Å². The van der Waals surface area contributed by atoms with Gasteiger partial charge in [0.2, 0.25) is 0 Å². The molecule has 3 aromatic rings. The lowest BCUT2D eigenvalue weighted by Crippen LogP contribution is -2.28. The Morgan fingerprint density at radius 2 is 1.69 bits per heavy atom. The van der Waals surface area contributed by atoms with Gasteiger partial charge in [-0.2, -0.15) is 14.8 Å². The smallest absolute Gasteiger partial charge is 0.365 e. The van der Waals surface area contributed by atoms with Crippen LogP contribution >= 0.6 is 12.6 Å². The first kappa shape index (κ1) is 16.8. The van der Waals surface area contributed by atoms with Crippen molar-refractivity contribution in [2.45, 2.75) is 36.6 Å². The molecule has 5 nitrogen and oxygen atoms in total. The lowest BCUT2D eigenvalue weighted by Gasteiger charge is -2.17. The van der Waals surface area contributed by atoms with E-state index in [0.717, 1.165) is 23.3 Å². The fraction of sp³-hybridized carbons (Fsp3) is 0.250. The number of nitrogens with one attached hydrogen (secondary N) is 1. The number of para-hydroxylation sites is 1. The van der Waals surface area contributed by atoms with Gasteiger partial charge in [-0.25, -0.2) is 4.79 Å². The van der Waals surface area contributed by atoms with Crippen LogP contribution in [0.25, 0.3) is 16.9 Å². The molecule has 1 aliphatic carbocycles. The van der Waals surface area contributed by atoms with Crippen molar-refractivity contribution in [3.8, 4) is 16.9 Å². The second-order valence-electron chi connectivity index (χ2n) is 6.48. The highest BCUT2D eigenvalue weighted by molar-refractivity contribution is 7.80. The van der Waals surface area contributed by atoms with Crippen molar-refractivity contribution < 1.29 is 0 Å². The SMILES string of the molecule is O=c1nc(NC2CCCC2)c(-c2ccccc2S)nn1-c1ccccc1. The molecule has 1 aliphatic rings. The van der Waals surface area contributed by atoms with E-state index in [2.05, 4.69) is 28.0 Å². The number of hydrogen-bond acceptors (Lipinski definition) is 5. The maximum Gasteiger partial charge on any atom is 0.370 e. The van der Waals surface area contributed by atoms with Crippen LogP contribution in [0.5, 0.6) is 0 Å². The highest BCUT2D eigenvalue weighted by Crippen LogP contribution is 2.31. The minimum absolute atomic E-state index is 0.335. The van der Waals surface area contributed by atoms with Gasteiger partial charge < -0.3 is 5.32 Å². The molecule has 1 heterocycles. The zero-order valence-electron chi connectivity index (χ0n) is 14.3. The Hall–Kier alpha value is -2.60. The summed E-state index contributed by atoms with van der Waals surface area (Å²) in [5.41, 5.74) is 1.80. The van der Waals surface area contributed by atoms with Crippen LogP contribution in [-0.2, 0) is 0 Å². The largest absolute Gasteiger partial charge is 0.370 e. The van der Waals surface area contributed by atoms with Gasteiger partial charge in [0.05, 0.1) is 5.69 Å². The second kappa shape index (κ2) is 7.33. The Kier molecular flexibility index (Phi) is 4.75. The van der Waals surface area contributed by atoms with Crippen molar-refractivity contribution in [3.63, 3.8) is 0 Å². The molecule has 26 heavy (non-hydrogen) atoms. The maximum absolute atomic E-state index is 12.6. The van der Waals surface area contributed by atoms with Gasteiger partial charge in [0.15, 0.2) is 5.82 Å². The van der Waals surface area contributed by atoms with E-state index in [9.17, 15) is 4.79 Å². The van der Waals surface area contributed by atoms with Gasteiger partial charge in [-0.15, -0.1) is 12.6 Å². The van der Waals surface area contributed by atoms with E-state index in [1.807, 2.05) is 54.6 Å². The molecular weight excluding hydrogens is 344 g/mol. The molecule has 0 radical (unpaired) electrons. The molecule has 0 aliphatic heterocycles. The number of anilines is 1. The Morgan fingerprint density at radius 1 is 1.00 bits per heavy atom. The van der Waals surface area contributed by atoms with Crippen LogP contribution in [0.3, 0.4) is 0 Å². The van der Waals surface area contributed by atoms with E-state index in [4.69, 9.17) is 0 Å². The molecule has 1 fully saturated rings. The molecule has 6 heteroatoms.